The molecular formula is C11H14BrNO6S2. The van der Waals surface area contributed by atoms with E-state index in [1.807, 2.05) is 0 Å². The second-order valence-corrected chi connectivity index (χ2v) is 9.38. The lowest BCUT2D eigenvalue weighted by Crippen LogP contribution is -2.38. The van der Waals surface area contributed by atoms with Crippen LogP contribution >= 0.6 is 15.9 Å². The van der Waals surface area contributed by atoms with Gasteiger partial charge in [0.1, 0.15) is 0 Å². The summed E-state index contributed by atoms with van der Waals surface area (Å²) in [5.41, 5.74) is 0.873. The standard InChI is InChI=1S/C11H14BrNO6S2/c1-8-2-4-9(5-3-8)21(18,19)10(12)11(14)13-6-7-20(15,16)17/h2-5,10H,6-7H2,1H3,(H,13,14)(H,15,16,17). The third-order valence-electron chi connectivity index (χ3n) is 2.49. The zero-order chi connectivity index (χ0) is 16.3. The SMILES string of the molecule is Cc1ccc(S(=O)(=O)C(Br)C(=O)NCCS(=O)(=O)O)cc1. The molecule has 10 heteroatoms. The largest absolute Gasteiger partial charge is 0.353 e. The maximum absolute atomic E-state index is 12.2. The van der Waals surface area contributed by atoms with Gasteiger partial charge in [-0.25, -0.2) is 8.42 Å². The minimum Gasteiger partial charge on any atom is -0.353 e. The molecule has 2 N–H and O–H groups in total. The molecule has 1 rings (SSSR count). The molecule has 118 valence electrons. The normalized spacial score (nSPS) is 13.7. The van der Waals surface area contributed by atoms with Crippen LogP contribution in [0.3, 0.4) is 0 Å². The molecule has 1 amide bonds. The number of alkyl halides is 1. The molecule has 0 saturated heterocycles. The molecule has 1 aromatic rings. The summed E-state index contributed by atoms with van der Waals surface area (Å²) in [7, 11) is -8.15. The van der Waals surface area contributed by atoms with Crippen LogP contribution < -0.4 is 5.32 Å². The lowest BCUT2D eigenvalue weighted by molar-refractivity contribution is -0.119. The molecule has 7 nitrogen and oxygen atoms in total. The number of benzene rings is 1. The monoisotopic (exact) mass is 399 g/mol. The number of halogens is 1. The summed E-state index contributed by atoms with van der Waals surface area (Å²) in [5.74, 6) is -1.59. The van der Waals surface area contributed by atoms with Crippen LogP contribution in [0, 0.1) is 6.92 Å². The lowest BCUT2D eigenvalue weighted by Gasteiger charge is -2.12. The van der Waals surface area contributed by atoms with Crippen LogP contribution in [-0.4, -0.2) is 43.8 Å². The third-order valence-corrected chi connectivity index (χ3v) is 6.79. The predicted molar refractivity (Wildman–Crippen MR) is 80.5 cm³/mol. The fourth-order valence-electron chi connectivity index (χ4n) is 1.37. The molecular weight excluding hydrogens is 386 g/mol. The summed E-state index contributed by atoms with van der Waals surface area (Å²) in [5, 5.41) is 2.12. The van der Waals surface area contributed by atoms with Crippen molar-refractivity contribution in [1.82, 2.24) is 5.32 Å². The van der Waals surface area contributed by atoms with E-state index in [2.05, 4.69) is 21.2 Å². The smallest absolute Gasteiger partial charge is 0.266 e. The Morgan fingerprint density at radius 1 is 1.24 bits per heavy atom. The van der Waals surface area contributed by atoms with Gasteiger partial charge in [0.25, 0.3) is 10.1 Å². The molecule has 0 aromatic heterocycles. The molecule has 1 aromatic carbocycles. The van der Waals surface area contributed by atoms with Crippen molar-refractivity contribution in [3.8, 4) is 0 Å². The van der Waals surface area contributed by atoms with E-state index in [0.29, 0.717) is 0 Å². The second-order valence-electron chi connectivity index (χ2n) is 4.25. The fourth-order valence-corrected chi connectivity index (χ4v) is 3.66. The van der Waals surface area contributed by atoms with Gasteiger partial charge in [-0.1, -0.05) is 33.6 Å². The van der Waals surface area contributed by atoms with Crippen LogP contribution in [0.5, 0.6) is 0 Å². The maximum atomic E-state index is 12.2. The van der Waals surface area contributed by atoms with Gasteiger partial charge >= 0.3 is 0 Å². The molecule has 0 aliphatic carbocycles. The lowest BCUT2D eigenvalue weighted by atomic mass is 10.2. The molecule has 1 unspecified atom stereocenters. The van der Waals surface area contributed by atoms with E-state index in [0.717, 1.165) is 5.56 Å². The van der Waals surface area contributed by atoms with Crippen LogP contribution in [0.15, 0.2) is 29.2 Å². The van der Waals surface area contributed by atoms with Gasteiger partial charge in [-0.05, 0) is 19.1 Å². The Labute approximate surface area is 131 Å². The second kappa shape index (κ2) is 6.86. The van der Waals surface area contributed by atoms with Crippen LogP contribution in [0.4, 0.5) is 0 Å². The zero-order valence-corrected chi connectivity index (χ0v) is 14.2. The van der Waals surface area contributed by atoms with Crippen molar-refractivity contribution in [3.05, 3.63) is 29.8 Å². The van der Waals surface area contributed by atoms with Gasteiger partial charge in [0, 0.05) is 6.54 Å². The first-order valence-corrected chi connectivity index (χ1v) is 9.78. The molecule has 21 heavy (non-hydrogen) atoms. The number of carbonyl (C=O) groups is 1. The molecule has 0 spiro atoms. The topological polar surface area (TPSA) is 118 Å². The van der Waals surface area contributed by atoms with Gasteiger partial charge in [0.05, 0.1) is 10.6 Å². The van der Waals surface area contributed by atoms with Crippen LogP contribution in [0.25, 0.3) is 0 Å². The van der Waals surface area contributed by atoms with Gasteiger partial charge in [-0.3, -0.25) is 9.35 Å². The Hall–Kier alpha value is -0.970. The average molecular weight is 400 g/mol. The minimum atomic E-state index is -4.22. The molecule has 1 atom stereocenters. The van der Waals surface area contributed by atoms with Crippen molar-refractivity contribution in [2.24, 2.45) is 0 Å². The Kier molecular flexibility index (Phi) is 5.91. The summed E-state index contributed by atoms with van der Waals surface area (Å²) >= 11 is 2.79. The van der Waals surface area contributed by atoms with E-state index in [1.54, 1.807) is 19.1 Å². The van der Waals surface area contributed by atoms with Gasteiger partial charge in [0.15, 0.2) is 14.0 Å². The average Bonchev–Trinajstić information content (AvgIpc) is 2.36. The Morgan fingerprint density at radius 2 is 1.76 bits per heavy atom. The molecule has 0 heterocycles. The molecule has 0 radical (unpaired) electrons. The van der Waals surface area contributed by atoms with Crippen LogP contribution in [0.2, 0.25) is 0 Å². The van der Waals surface area contributed by atoms with Crippen molar-refractivity contribution in [2.45, 2.75) is 16.0 Å². The predicted octanol–water partition coefficient (Wildman–Crippen LogP) is 0.494. The summed E-state index contributed by atoms with van der Waals surface area (Å²) < 4.78 is 52.3. The van der Waals surface area contributed by atoms with E-state index in [4.69, 9.17) is 4.55 Å². The molecule has 0 fully saturated rings. The molecule has 0 bridgehead atoms. The number of amides is 1. The quantitative estimate of drug-likeness (QED) is 0.530. The number of nitrogens with one attached hydrogen (secondary N) is 1. The van der Waals surface area contributed by atoms with Gasteiger partial charge in [-0.15, -0.1) is 0 Å². The molecule has 0 aliphatic rings. The van der Waals surface area contributed by atoms with E-state index >= 15 is 0 Å². The van der Waals surface area contributed by atoms with E-state index in [9.17, 15) is 21.6 Å². The van der Waals surface area contributed by atoms with Crippen molar-refractivity contribution < 1.29 is 26.2 Å². The highest BCUT2D eigenvalue weighted by molar-refractivity contribution is 9.11. The number of hydrogen-bond donors (Lipinski definition) is 2. The van der Waals surface area contributed by atoms with Crippen LogP contribution in [-0.2, 0) is 24.7 Å². The van der Waals surface area contributed by atoms with Crippen LogP contribution in [0.1, 0.15) is 5.56 Å². The minimum absolute atomic E-state index is 0.0279. The maximum Gasteiger partial charge on any atom is 0.266 e. The van der Waals surface area contributed by atoms with Gasteiger partial charge in [-0.2, -0.15) is 8.42 Å². The Morgan fingerprint density at radius 3 is 2.24 bits per heavy atom. The fraction of sp³-hybridized carbons (Fsp3) is 0.364. The summed E-state index contributed by atoms with van der Waals surface area (Å²) in [4.78, 5) is 11.7. The molecule has 0 saturated carbocycles. The first-order valence-electron chi connectivity index (χ1n) is 5.71. The van der Waals surface area contributed by atoms with E-state index in [-0.39, 0.29) is 11.4 Å². The highest BCUT2D eigenvalue weighted by Gasteiger charge is 2.31. The number of sulfone groups is 1. The Bertz CT molecular complexity index is 712. The van der Waals surface area contributed by atoms with Crippen molar-refractivity contribution in [2.75, 3.05) is 12.3 Å². The summed E-state index contributed by atoms with van der Waals surface area (Å²) in [6, 6.07) is 5.96. The highest BCUT2D eigenvalue weighted by atomic mass is 79.9. The number of hydrogen-bond acceptors (Lipinski definition) is 5. The van der Waals surface area contributed by atoms with Crippen molar-refractivity contribution in [3.63, 3.8) is 0 Å². The van der Waals surface area contributed by atoms with Gasteiger partial charge in [0.2, 0.25) is 5.91 Å². The number of rotatable bonds is 6. The third kappa shape index (κ3) is 5.38. The van der Waals surface area contributed by atoms with Crippen molar-refractivity contribution >= 4 is 41.8 Å². The van der Waals surface area contributed by atoms with Gasteiger partial charge < -0.3 is 5.32 Å². The zero-order valence-electron chi connectivity index (χ0n) is 11.0. The summed E-state index contributed by atoms with van der Waals surface area (Å²) in [6.07, 6.45) is 0. The first kappa shape index (κ1) is 18.1. The van der Waals surface area contributed by atoms with E-state index < -0.39 is 35.8 Å². The Balaban J connectivity index is 2.79. The van der Waals surface area contributed by atoms with Crippen molar-refractivity contribution in [1.29, 1.82) is 0 Å². The highest BCUT2D eigenvalue weighted by Crippen LogP contribution is 2.20. The summed E-state index contributed by atoms with van der Waals surface area (Å²) in [6.45, 7) is 1.41. The molecule has 0 aliphatic heterocycles. The number of carbonyl (C=O) groups excluding carboxylic acids is 1. The first-order chi connectivity index (χ1) is 9.54. The number of aryl methyl sites for hydroxylation is 1. The van der Waals surface area contributed by atoms with E-state index in [1.165, 1.54) is 12.1 Å².